The van der Waals surface area contributed by atoms with Gasteiger partial charge in [-0.2, -0.15) is 0 Å². The van der Waals surface area contributed by atoms with Crippen LogP contribution in [0.5, 0.6) is 0 Å². The molecule has 0 aromatic heterocycles. The zero-order chi connectivity index (χ0) is 18.5. The van der Waals surface area contributed by atoms with Gasteiger partial charge < -0.3 is 20.1 Å². The van der Waals surface area contributed by atoms with Gasteiger partial charge in [-0.1, -0.05) is 12.1 Å². The van der Waals surface area contributed by atoms with Crippen molar-refractivity contribution in [3.63, 3.8) is 0 Å². The fourth-order valence-electron chi connectivity index (χ4n) is 3.87. The lowest BCUT2D eigenvalue weighted by atomic mass is 9.74. The largest absolute Gasteiger partial charge is 0.381 e. The van der Waals surface area contributed by atoms with Gasteiger partial charge in [-0.3, -0.25) is 4.99 Å². The highest BCUT2D eigenvalue weighted by Gasteiger charge is 2.35. The lowest BCUT2D eigenvalue weighted by Crippen LogP contribution is -2.50. The summed E-state index contributed by atoms with van der Waals surface area (Å²) in [4.78, 5) is 4.34. The molecule has 1 unspecified atom stereocenters. The molecule has 2 aliphatic heterocycles. The van der Waals surface area contributed by atoms with Gasteiger partial charge in [0.05, 0.1) is 5.60 Å². The number of guanidine groups is 1. The molecule has 5 nitrogen and oxygen atoms in total. The fraction of sp³-hybridized carbons (Fsp3) is 0.650. The van der Waals surface area contributed by atoms with Gasteiger partial charge in [0, 0.05) is 45.4 Å². The van der Waals surface area contributed by atoms with Crippen LogP contribution in [0, 0.1) is 5.82 Å². The van der Waals surface area contributed by atoms with Crippen LogP contribution in [0.2, 0.25) is 0 Å². The van der Waals surface area contributed by atoms with E-state index >= 15 is 0 Å². The Morgan fingerprint density at radius 1 is 1.15 bits per heavy atom. The van der Waals surface area contributed by atoms with E-state index in [4.69, 9.17) is 9.47 Å². The SMILES string of the molecule is CN=C(NCC1(C)CCCO1)NCC1(c2cccc(F)c2)CCOCC1. The normalized spacial score (nSPS) is 25.9. The number of ether oxygens (including phenoxy) is 2. The van der Waals surface area contributed by atoms with Gasteiger partial charge in [-0.15, -0.1) is 0 Å². The van der Waals surface area contributed by atoms with Crippen LogP contribution in [0.4, 0.5) is 4.39 Å². The summed E-state index contributed by atoms with van der Waals surface area (Å²) in [6.07, 6.45) is 3.89. The van der Waals surface area contributed by atoms with Crippen LogP contribution in [-0.4, -0.2) is 51.5 Å². The number of nitrogens with zero attached hydrogens (tertiary/aromatic N) is 1. The zero-order valence-corrected chi connectivity index (χ0v) is 15.8. The summed E-state index contributed by atoms with van der Waals surface area (Å²) in [5.74, 6) is 0.561. The molecule has 1 aromatic rings. The van der Waals surface area contributed by atoms with Crippen molar-refractivity contribution in [2.24, 2.45) is 4.99 Å². The van der Waals surface area contributed by atoms with Crippen molar-refractivity contribution in [3.05, 3.63) is 35.6 Å². The molecule has 0 aliphatic carbocycles. The average molecular weight is 363 g/mol. The van der Waals surface area contributed by atoms with Crippen LogP contribution >= 0.6 is 0 Å². The predicted molar refractivity (Wildman–Crippen MR) is 101 cm³/mol. The number of nitrogens with one attached hydrogen (secondary N) is 2. The van der Waals surface area contributed by atoms with E-state index in [1.807, 2.05) is 6.07 Å². The first-order chi connectivity index (χ1) is 12.6. The highest BCUT2D eigenvalue weighted by atomic mass is 19.1. The molecule has 26 heavy (non-hydrogen) atoms. The standard InChI is InChI=1S/C20H30FN3O2/c1-19(7-4-10-26-19)14-23-18(22-2)24-15-20(8-11-25-12-9-20)16-5-3-6-17(21)13-16/h3,5-6,13H,4,7-12,14-15H2,1-2H3,(H2,22,23,24). The second-order valence-corrected chi connectivity index (χ2v) is 7.58. The topological polar surface area (TPSA) is 54.9 Å². The number of hydrogen-bond acceptors (Lipinski definition) is 3. The van der Waals surface area contributed by atoms with E-state index in [0.717, 1.165) is 50.4 Å². The minimum Gasteiger partial charge on any atom is -0.381 e. The minimum absolute atomic E-state index is 0.128. The minimum atomic E-state index is -0.192. The van der Waals surface area contributed by atoms with E-state index in [0.29, 0.717) is 19.8 Å². The van der Waals surface area contributed by atoms with Crippen molar-refractivity contribution in [2.45, 2.75) is 43.6 Å². The van der Waals surface area contributed by atoms with Gasteiger partial charge in [0.1, 0.15) is 5.82 Å². The van der Waals surface area contributed by atoms with Crippen LogP contribution in [0.3, 0.4) is 0 Å². The van der Waals surface area contributed by atoms with Crippen LogP contribution in [0.25, 0.3) is 0 Å². The third kappa shape index (κ3) is 4.54. The third-order valence-electron chi connectivity index (χ3n) is 5.63. The molecule has 2 aliphatic rings. The molecule has 2 N–H and O–H groups in total. The summed E-state index contributed by atoms with van der Waals surface area (Å²) >= 11 is 0. The van der Waals surface area contributed by atoms with Crippen molar-refractivity contribution in [1.82, 2.24) is 10.6 Å². The first-order valence-electron chi connectivity index (χ1n) is 9.48. The Bertz CT molecular complexity index is 623. The van der Waals surface area contributed by atoms with Gasteiger partial charge in [0.25, 0.3) is 0 Å². The number of rotatable bonds is 5. The highest BCUT2D eigenvalue weighted by molar-refractivity contribution is 5.79. The van der Waals surface area contributed by atoms with E-state index in [9.17, 15) is 4.39 Å². The van der Waals surface area contributed by atoms with Gasteiger partial charge in [-0.05, 0) is 50.3 Å². The van der Waals surface area contributed by atoms with Crippen LogP contribution in [0.1, 0.15) is 38.2 Å². The Balaban J connectivity index is 1.65. The van der Waals surface area contributed by atoms with Crippen molar-refractivity contribution in [3.8, 4) is 0 Å². The Labute approximate surface area is 155 Å². The summed E-state index contributed by atoms with van der Waals surface area (Å²) in [5.41, 5.74) is 0.747. The zero-order valence-electron chi connectivity index (χ0n) is 15.8. The fourth-order valence-corrected chi connectivity index (χ4v) is 3.87. The van der Waals surface area contributed by atoms with E-state index in [1.54, 1.807) is 19.2 Å². The molecular weight excluding hydrogens is 333 g/mol. The molecule has 0 radical (unpaired) electrons. The van der Waals surface area contributed by atoms with E-state index in [-0.39, 0.29) is 16.8 Å². The average Bonchev–Trinajstić information content (AvgIpc) is 3.09. The van der Waals surface area contributed by atoms with E-state index in [1.165, 1.54) is 6.07 Å². The Kier molecular flexibility index (Phi) is 6.14. The molecule has 0 bridgehead atoms. The van der Waals surface area contributed by atoms with Crippen LogP contribution in [0.15, 0.2) is 29.3 Å². The van der Waals surface area contributed by atoms with Crippen LogP contribution in [-0.2, 0) is 14.9 Å². The Morgan fingerprint density at radius 2 is 1.92 bits per heavy atom. The number of hydrogen-bond donors (Lipinski definition) is 2. The van der Waals surface area contributed by atoms with Crippen molar-refractivity contribution < 1.29 is 13.9 Å². The third-order valence-corrected chi connectivity index (χ3v) is 5.63. The molecule has 0 saturated carbocycles. The molecule has 0 spiro atoms. The highest BCUT2D eigenvalue weighted by Crippen LogP contribution is 2.34. The molecule has 144 valence electrons. The predicted octanol–water partition coefficient (Wildman–Crippen LogP) is 2.61. The first kappa shape index (κ1) is 19.1. The molecule has 1 aromatic carbocycles. The van der Waals surface area contributed by atoms with Gasteiger partial charge in [0.15, 0.2) is 5.96 Å². The molecule has 3 rings (SSSR count). The van der Waals surface area contributed by atoms with Crippen molar-refractivity contribution in [2.75, 3.05) is 40.0 Å². The van der Waals surface area contributed by atoms with Crippen molar-refractivity contribution in [1.29, 1.82) is 0 Å². The maximum atomic E-state index is 13.8. The quantitative estimate of drug-likeness (QED) is 0.624. The molecule has 6 heteroatoms. The lowest BCUT2D eigenvalue weighted by molar-refractivity contribution is 0.0242. The van der Waals surface area contributed by atoms with Gasteiger partial charge in [-0.25, -0.2) is 4.39 Å². The molecule has 2 fully saturated rings. The first-order valence-corrected chi connectivity index (χ1v) is 9.48. The lowest BCUT2D eigenvalue weighted by Gasteiger charge is -2.38. The number of aliphatic imine (C=N–C) groups is 1. The second kappa shape index (κ2) is 8.35. The summed E-state index contributed by atoms with van der Waals surface area (Å²) < 4.78 is 25.2. The van der Waals surface area contributed by atoms with E-state index < -0.39 is 0 Å². The maximum Gasteiger partial charge on any atom is 0.191 e. The number of benzene rings is 1. The monoisotopic (exact) mass is 363 g/mol. The second-order valence-electron chi connectivity index (χ2n) is 7.58. The summed E-state index contributed by atoms with van der Waals surface area (Å²) in [6, 6.07) is 6.94. The molecule has 0 amide bonds. The summed E-state index contributed by atoms with van der Waals surface area (Å²) in [7, 11) is 1.77. The van der Waals surface area contributed by atoms with Crippen LogP contribution < -0.4 is 10.6 Å². The maximum absolute atomic E-state index is 13.8. The van der Waals surface area contributed by atoms with Gasteiger partial charge in [0.2, 0.25) is 0 Å². The summed E-state index contributed by atoms with van der Waals surface area (Å²) in [5, 5.41) is 6.82. The molecular formula is C20H30FN3O2. The van der Waals surface area contributed by atoms with E-state index in [2.05, 4.69) is 22.5 Å². The van der Waals surface area contributed by atoms with Gasteiger partial charge >= 0.3 is 0 Å². The number of halogens is 1. The molecule has 2 saturated heterocycles. The molecule has 2 heterocycles. The van der Waals surface area contributed by atoms with Crippen molar-refractivity contribution >= 4 is 5.96 Å². The Hall–Kier alpha value is -1.66. The molecule has 1 atom stereocenters. The Morgan fingerprint density at radius 3 is 2.58 bits per heavy atom. The summed E-state index contributed by atoms with van der Waals surface area (Å²) in [6.45, 7) is 5.76. The smallest absolute Gasteiger partial charge is 0.191 e.